The molecule has 0 unspecified atom stereocenters. The minimum absolute atomic E-state index is 0.206. The van der Waals surface area contributed by atoms with Crippen LogP contribution < -0.4 is 11.1 Å². The largest absolute Gasteiger partial charge is 0.389 e. The molecule has 4 heteroatoms. The molecule has 0 radical (unpaired) electrons. The molecule has 2 aromatic rings. The molecule has 0 bridgehead atoms. The molecule has 0 atom stereocenters. The van der Waals surface area contributed by atoms with Crippen LogP contribution in [-0.2, 0) is 6.42 Å². The number of hydrogen-bond acceptors (Lipinski definition) is 2. The second-order valence-electron chi connectivity index (χ2n) is 4.67. The number of halogens is 1. The number of anilines is 1. The quantitative estimate of drug-likeness (QED) is 0.828. The zero-order valence-electron chi connectivity index (χ0n) is 11.3. The molecule has 0 saturated carbocycles. The van der Waals surface area contributed by atoms with Crippen molar-refractivity contribution >= 4 is 22.9 Å². The van der Waals surface area contributed by atoms with Gasteiger partial charge in [-0.15, -0.1) is 0 Å². The molecular weight excluding hydrogens is 271 g/mol. The Morgan fingerprint density at radius 2 is 2.00 bits per heavy atom. The van der Waals surface area contributed by atoms with E-state index in [1.807, 2.05) is 31.2 Å². The van der Waals surface area contributed by atoms with Gasteiger partial charge in [0.2, 0.25) is 0 Å². The fourth-order valence-electron chi connectivity index (χ4n) is 2.13. The van der Waals surface area contributed by atoms with Crippen molar-refractivity contribution in [3.8, 4) is 0 Å². The molecule has 2 nitrogen and oxygen atoms in total. The zero-order chi connectivity index (χ0) is 14.5. The first kappa shape index (κ1) is 14.5. The molecule has 0 heterocycles. The van der Waals surface area contributed by atoms with E-state index >= 15 is 0 Å². The highest BCUT2D eigenvalue weighted by atomic mass is 32.1. The van der Waals surface area contributed by atoms with E-state index in [2.05, 4.69) is 5.32 Å². The van der Waals surface area contributed by atoms with Crippen molar-refractivity contribution in [1.29, 1.82) is 0 Å². The molecule has 0 fully saturated rings. The van der Waals surface area contributed by atoms with Crippen molar-refractivity contribution in [2.75, 3.05) is 11.9 Å². The first-order chi connectivity index (χ1) is 9.58. The highest BCUT2D eigenvalue weighted by Crippen LogP contribution is 2.20. The van der Waals surface area contributed by atoms with Gasteiger partial charge in [0.05, 0.1) is 0 Å². The average Bonchev–Trinajstić information content (AvgIpc) is 2.40. The van der Waals surface area contributed by atoms with Crippen LogP contribution in [0, 0.1) is 12.7 Å². The Bertz CT molecular complexity index is 626. The van der Waals surface area contributed by atoms with Crippen LogP contribution in [0.3, 0.4) is 0 Å². The molecule has 3 N–H and O–H groups in total. The summed E-state index contributed by atoms with van der Waals surface area (Å²) in [6.45, 7) is 2.70. The van der Waals surface area contributed by atoms with Crippen LogP contribution in [0.1, 0.15) is 16.7 Å². The average molecular weight is 288 g/mol. The molecule has 2 aromatic carbocycles. The van der Waals surface area contributed by atoms with Gasteiger partial charge in [0, 0.05) is 17.8 Å². The monoisotopic (exact) mass is 288 g/mol. The smallest absolute Gasteiger partial charge is 0.123 e. The molecule has 0 aliphatic rings. The molecule has 0 aliphatic heterocycles. The highest BCUT2D eigenvalue weighted by molar-refractivity contribution is 7.80. The van der Waals surface area contributed by atoms with Gasteiger partial charge < -0.3 is 11.1 Å². The van der Waals surface area contributed by atoms with E-state index in [9.17, 15) is 4.39 Å². The van der Waals surface area contributed by atoms with Gasteiger partial charge in [-0.05, 0) is 42.7 Å². The van der Waals surface area contributed by atoms with Gasteiger partial charge in [-0.25, -0.2) is 4.39 Å². The number of rotatable bonds is 5. The molecule has 0 spiro atoms. The summed E-state index contributed by atoms with van der Waals surface area (Å²) in [5.74, 6) is -0.206. The van der Waals surface area contributed by atoms with Crippen LogP contribution in [0.15, 0.2) is 42.5 Å². The summed E-state index contributed by atoms with van der Waals surface area (Å²) in [6.07, 6.45) is 0.739. The fourth-order valence-corrected chi connectivity index (χ4v) is 2.30. The molecule has 20 heavy (non-hydrogen) atoms. The topological polar surface area (TPSA) is 38.0 Å². The van der Waals surface area contributed by atoms with E-state index < -0.39 is 0 Å². The fraction of sp³-hybridized carbons (Fsp3) is 0.188. The van der Waals surface area contributed by atoms with Crippen LogP contribution in [-0.4, -0.2) is 11.5 Å². The Morgan fingerprint density at radius 3 is 2.70 bits per heavy atom. The highest BCUT2D eigenvalue weighted by Gasteiger charge is 2.07. The van der Waals surface area contributed by atoms with Crippen molar-refractivity contribution < 1.29 is 4.39 Å². The summed E-state index contributed by atoms with van der Waals surface area (Å²) in [5, 5.41) is 3.34. The maximum Gasteiger partial charge on any atom is 0.123 e. The van der Waals surface area contributed by atoms with Gasteiger partial charge in [-0.2, -0.15) is 0 Å². The van der Waals surface area contributed by atoms with E-state index in [-0.39, 0.29) is 5.82 Å². The molecule has 0 aromatic heterocycles. The second kappa shape index (κ2) is 6.48. The number of nitrogens with two attached hydrogens (primary N) is 1. The van der Waals surface area contributed by atoms with Gasteiger partial charge in [-0.3, -0.25) is 0 Å². The SMILES string of the molecule is Cc1cccc(C(N)=S)c1NCCc1cccc(F)c1. The number of hydrogen-bond donors (Lipinski definition) is 2. The first-order valence-corrected chi connectivity index (χ1v) is 6.86. The van der Waals surface area contributed by atoms with Gasteiger partial charge in [0.1, 0.15) is 10.8 Å². The minimum atomic E-state index is -0.206. The minimum Gasteiger partial charge on any atom is -0.389 e. The Hall–Kier alpha value is -1.94. The van der Waals surface area contributed by atoms with E-state index in [0.29, 0.717) is 11.5 Å². The molecule has 0 saturated heterocycles. The van der Waals surface area contributed by atoms with Crippen LogP contribution in [0.2, 0.25) is 0 Å². The number of aryl methyl sites for hydroxylation is 1. The van der Waals surface area contributed by atoms with Crippen molar-refractivity contribution in [2.45, 2.75) is 13.3 Å². The first-order valence-electron chi connectivity index (χ1n) is 6.45. The van der Waals surface area contributed by atoms with Crippen molar-refractivity contribution in [1.82, 2.24) is 0 Å². The summed E-state index contributed by atoms with van der Waals surface area (Å²) >= 11 is 5.06. The normalized spacial score (nSPS) is 10.3. The van der Waals surface area contributed by atoms with E-state index in [0.717, 1.165) is 28.8 Å². The maximum atomic E-state index is 13.1. The Morgan fingerprint density at radius 1 is 1.25 bits per heavy atom. The number of nitrogens with one attached hydrogen (secondary N) is 1. The van der Waals surface area contributed by atoms with Crippen LogP contribution in [0.4, 0.5) is 10.1 Å². The third-order valence-corrected chi connectivity index (χ3v) is 3.36. The van der Waals surface area contributed by atoms with Gasteiger partial charge in [-0.1, -0.05) is 36.5 Å². The Kier molecular flexibility index (Phi) is 4.69. The zero-order valence-corrected chi connectivity index (χ0v) is 12.1. The summed E-state index contributed by atoms with van der Waals surface area (Å²) in [4.78, 5) is 0.377. The molecule has 0 amide bonds. The van der Waals surface area contributed by atoms with Crippen molar-refractivity contribution in [2.24, 2.45) is 5.73 Å². The molecular formula is C16H17FN2S. The third kappa shape index (κ3) is 3.54. The third-order valence-electron chi connectivity index (χ3n) is 3.14. The van der Waals surface area contributed by atoms with E-state index in [1.54, 1.807) is 12.1 Å². The lowest BCUT2D eigenvalue weighted by atomic mass is 10.1. The number of thiocarbonyl (C=S) groups is 1. The van der Waals surface area contributed by atoms with Crippen LogP contribution in [0.5, 0.6) is 0 Å². The standard InChI is InChI=1S/C16H17FN2S/c1-11-4-2-7-14(16(18)20)15(11)19-9-8-12-5-3-6-13(17)10-12/h2-7,10,19H,8-9H2,1H3,(H2,18,20). The second-order valence-corrected chi connectivity index (χ2v) is 5.11. The maximum absolute atomic E-state index is 13.1. The molecule has 2 rings (SSSR count). The Balaban J connectivity index is 2.06. The summed E-state index contributed by atoms with van der Waals surface area (Å²) in [5.41, 5.74) is 9.58. The van der Waals surface area contributed by atoms with Crippen LogP contribution in [0.25, 0.3) is 0 Å². The molecule has 0 aliphatic carbocycles. The number of benzene rings is 2. The lowest BCUT2D eigenvalue weighted by molar-refractivity contribution is 0.625. The van der Waals surface area contributed by atoms with E-state index in [4.69, 9.17) is 18.0 Å². The van der Waals surface area contributed by atoms with Crippen molar-refractivity contribution in [3.63, 3.8) is 0 Å². The van der Waals surface area contributed by atoms with Gasteiger partial charge >= 0.3 is 0 Å². The van der Waals surface area contributed by atoms with Gasteiger partial charge in [0.25, 0.3) is 0 Å². The van der Waals surface area contributed by atoms with Gasteiger partial charge in [0.15, 0.2) is 0 Å². The lowest BCUT2D eigenvalue weighted by Gasteiger charge is -2.14. The van der Waals surface area contributed by atoms with E-state index in [1.165, 1.54) is 6.07 Å². The predicted octanol–water partition coefficient (Wildman–Crippen LogP) is 3.42. The molecule has 104 valence electrons. The Labute approximate surface area is 123 Å². The summed E-state index contributed by atoms with van der Waals surface area (Å²) in [6, 6.07) is 12.5. The van der Waals surface area contributed by atoms with Crippen molar-refractivity contribution in [3.05, 3.63) is 65.0 Å². The summed E-state index contributed by atoms with van der Waals surface area (Å²) < 4.78 is 13.1. The number of para-hydroxylation sites is 1. The summed E-state index contributed by atoms with van der Waals surface area (Å²) in [7, 11) is 0. The van der Waals surface area contributed by atoms with Crippen LogP contribution >= 0.6 is 12.2 Å². The predicted molar refractivity (Wildman–Crippen MR) is 85.7 cm³/mol. The lowest BCUT2D eigenvalue weighted by Crippen LogP contribution is -2.15.